The summed E-state index contributed by atoms with van der Waals surface area (Å²) in [5, 5.41) is 21.6. The number of rotatable bonds is 0. The van der Waals surface area contributed by atoms with E-state index in [1.54, 1.807) is 19.3 Å². The van der Waals surface area contributed by atoms with E-state index in [4.69, 9.17) is 32.0 Å². The lowest BCUT2D eigenvalue weighted by atomic mass is 10.9. The van der Waals surface area contributed by atoms with Gasteiger partial charge in [-0.2, -0.15) is 0 Å². The van der Waals surface area contributed by atoms with Crippen LogP contribution in [0.2, 0.25) is 5.28 Å². The minimum atomic E-state index is -1.50. The zero-order chi connectivity index (χ0) is 10.7. The molecular formula is C5H10ClN3O4. The van der Waals surface area contributed by atoms with Gasteiger partial charge in [0.25, 0.3) is 5.09 Å². The van der Waals surface area contributed by atoms with Gasteiger partial charge in [-0.05, 0) is 18.5 Å². The smallest absolute Gasteiger partial charge is 0.291 e. The highest BCUT2D eigenvalue weighted by Gasteiger charge is 1.77. The van der Waals surface area contributed by atoms with Crippen LogP contribution in [-0.4, -0.2) is 32.0 Å². The van der Waals surface area contributed by atoms with Crippen LogP contribution in [0.25, 0.3) is 0 Å². The molecule has 0 unspecified atom stereocenters. The highest BCUT2D eigenvalue weighted by molar-refractivity contribution is 6.28. The number of aliphatic hydroxyl groups is 1. The second-order valence-electron chi connectivity index (χ2n) is 1.43. The van der Waals surface area contributed by atoms with Crippen LogP contribution in [0.3, 0.4) is 0 Å². The monoisotopic (exact) mass is 211 g/mol. The molecular weight excluding hydrogens is 202 g/mol. The molecule has 76 valence electrons. The van der Waals surface area contributed by atoms with Crippen molar-refractivity contribution in [1.29, 1.82) is 0 Å². The van der Waals surface area contributed by atoms with Crippen molar-refractivity contribution in [2.45, 2.75) is 6.92 Å². The molecule has 7 nitrogen and oxygen atoms in total. The molecule has 3 N–H and O–H groups in total. The standard InChI is InChI=1S/C3H3ClN2.C2H6O.HNO3/c4-3-5-1-2-6-3;1-2-3;2-1(3)4/h1-2H,(H,5,6);3H,2H2,1H3;(H,2,3,4). The predicted octanol–water partition coefficient (Wildman–Crippen LogP) is 0.714. The summed E-state index contributed by atoms with van der Waals surface area (Å²) in [4.78, 5) is 14.6. The van der Waals surface area contributed by atoms with Crippen molar-refractivity contribution >= 4 is 11.6 Å². The summed E-state index contributed by atoms with van der Waals surface area (Å²) in [5.41, 5.74) is 0. The number of hydrogen-bond donors (Lipinski definition) is 3. The van der Waals surface area contributed by atoms with Gasteiger partial charge >= 0.3 is 0 Å². The van der Waals surface area contributed by atoms with E-state index in [-0.39, 0.29) is 6.61 Å². The maximum absolute atomic E-state index is 8.36. The van der Waals surface area contributed by atoms with Crippen molar-refractivity contribution in [3.63, 3.8) is 0 Å². The molecule has 1 heterocycles. The van der Waals surface area contributed by atoms with Crippen molar-refractivity contribution in [3.8, 4) is 0 Å². The molecule has 0 saturated heterocycles. The summed E-state index contributed by atoms with van der Waals surface area (Å²) >= 11 is 5.29. The number of imidazole rings is 1. The van der Waals surface area contributed by atoms with E-state index in [0.717, 1.165) is 0 Å². The fraction of sp³-hybridized carbons (Fsp3) is 0.400. The number of halogens is 1. The normalized spacial score (nSPS) is 7.31. The summed E-state index contributed by atoms with van der Waals surface area (Å²) in [5.74, 6) is 0. The summed E-state index contributed by atoms with van der Waals surface area (Å²) < 4.78 is 0. The second kappa shape index (κ2) is 10.7. The van der Waals surface area contributed by atoms with Crippen LogP contribution in [0.5, 0.6) is 0 Å². The number of aromatic nitrogens is 2. The first-order valence-electron chi connectivity index (χ1n) is 3.13. The SMILES string of the molecule is CCO.Clc1ncc[nH]1.O=[N+]([O-])O. The predicted molar refractivity (Wildman–Crippen MR) is 45.1 cm³/mol. The number of nitrogens with one attached hydrogen (secondary N) is 1. The van der Waals surface area contributed by atoms with E-state index >= 15 is 0 Å². The summed E-state index contributed by atoms with van der Waals surface area (Å²) in [7, 11) is 0. The molecule has 0 aliphatic heterocycles. The fourth-order valence-corrected chi connectivity index (χ4v) is 0.365. The van der Waals surface area contributed by atoms with Crippen LogP contribution in [0, 0.1) is 10.1 Å². The Labute approximate surface area is 79.1 Å². The lowest BCUT2D eigenvalue weighted by Crippen LogP contribution is -1.81. The number of aliphatic hydroxyl groups excluding tert-OH is 1. The van der Waals surface area contributed by atoms with E-state index < -0.39 is 5.09 Å². The van der Waals surface area contributed by atoms with Crippen molar-refractivity contribution in [2.24, 2.45) is 0 Å². The molecule has 0 amide bonds. The quantitative estimate of drug-likeness (QED) is 0.432. The largest absolute Gasteiger partial charge is 0.397 e. The Balaban J connectivity index is 0. The van der Waals surface area contributed by atoms with Crippen LogP contribution in [0.4, 0.5) is 0 Å². The third-order valence-corrected chi connectivity index (χ3v) is 0.672. The van der Waals surface area contributed by atoms with Gasteiger partial charge in [0.2, 0.25) is 0 Å². The Kier molecular flexibility index (Phi) is 11.6. The third kappa shape index (κ3) is 25.0. The van der Waals surface area contributed by atoms with Crippen LogP contribution < -0.4 is 0 Å². The third-order valence-electron chi connectivity index (χ3n) is 0.465. The molecule has 1 aromatic rings. The van der Waals surface area contributed by atoms with Gasteiger partial charge in [0.15, 0.2) is 5.28 Å². The van der Waals surface area contributed by atoms with E-state index in [1.807, 2.05) is 0 Å². The Hall–Kier alpha value is -1.34. The summed E-state index contributed by atoms with van der Waals surface area (Å²) in [6, 6.07) is 0. The van der Waals surface area contributed by atoms with Crippen molar-refractivity contribution in [1.82, 2.24) is 9.97 Å². The topological polar surface area (TPSA) is 112 Å². The van der Waals surface area contributed by atoms with Gasteiger partial charge in [0, 0.05) is 19.0 Å². The molecule has 13 heavy (non-hydrogen) atoms. The molecule has 0 saturated carbocycles. The molecule has 0 aliphatic carbocycles. The zero-order valence-electron chi connectivity index (χ0n) is 6.85. The Morgan fingerprint density at radius 2 is 2.23 bits per heavy atom. The number of hydrogen-bond acceptors (Lipinski definition) is 4. The summed E-state index contributed by atoms with van der Waals surface area (Å²) in [6.07, 6.45) is 3.27. The molecule has 0 spiro atoms. The maximum atomic E-state index is 8.36. The molecule has 0 aliphatic rings. The average molecular weight is 212 g/mol. The minimum Gasteiger partial charge on any atom is -0.397 e. The van der Waals surface area contributed by atoms with E-state index in [0.29, 0.717) is 5.28 Å². The highest BCUT2D eigenvalue weighted by atomic mass is 35.5. The molecule has 0 fully saturated rings. The van der Waals surface area contributed by atoms with Crippen LogP contribution >= 0.6 is 11.6 Å². The number of aromatic amines is 1. The van der Waals surface area contributed by atoms with Gasteiger partial charge in [-0.1, -0.05) is 0 Å². The van der Waals surface area contributed by atoms with Gasteiger partial charge in [-0.15, -0.1) is 10.1 Å². The molecule has 0 aromatic carbocycles. The van der Waals surface area contributed by atoms with Crippen molar-refractivity contribution < 1.29 is 15.4 Å². The van der Waals surface area contributed by atoms with Crippen LogP contribution in [-0.2, 0) is 0 Å². The van der Waals surface area contributed by atoms with Gasteiger partial charge in [0.05, 0.1) is 0 Å². The minimum absolute atomic E-state index is 0.250. The number of nitrogens with zero attached hydrogens (tertiary/aromatic N) is 2. The molecule has 1 rings (SSSR count). The Morgan fingerprint density at radius 3 is 2.31 bits per heavy atom. The molecule has 8 heteroatoms. The lowest BCUT2D eigenvalue weighted by molar-refractivity contribution is -0.742. The zero-order valence-corrected chi connectivity index (χ0v) is 7.60. The highest BCUT2D eigenvalue weighted by Crippen LogP contribution is 1.92. The van der Waals surface area contributed by atoms with Gasteiger partial charge in [-0.25, -0.2) is 4.98 Å². The van der Waals surface area contributed by atoms with E-state index in [9.17, 15) is 0 Å². The average Bonchev–Trinajstić information content (AvgIpc) is 2.39. The van der Waals surface area contributed by atoms with Crippen molar-refractivity contribution in [2.75, 3.05) is 6.61 Å². The first-order valence-corrected chi connectivity index (χ1v) is 3.51. The van der Waals surface area contributed by atoms with Gasteiger partial charge in [-0.3, -0.25) is 0 Å². The molecule has 0 atom stereocenters. The first kappa shape index (κ1) is 14.2. The van der Waals surface area contributed by atoms with Gasteiger partial charge in [0.1, 0.15) is 0 Å². The second-order valence-corrected chi connectivity index (χ2v) is 1.79. The maximum Gasteiger partial charge on any atom is 0.291 e. The van der Waals surface area contributed by atoms with Gasteiger partial charge < -0.3 is 15.3 Å². The molecule has 0 radical (unpaired) electrons. The lowest BCUT2D eigenvalue weighted by Gasteiger charge is -1.64. The Bertz CT molecular complexity index is 200. The summed E-state index contributed by atoms with van der Waals surface area (Å²) in [6.45, 7) is 1.93. The number of H-pyrrole nitrogens is 1. The van der Waals surface area contributed by atoms with Crippen LogP contribution in [0.1, 0.15) is 6.92 Å². The fourth-order valence-electron chi connectivity index (χ4n) is 0.246. The first-order chi connectivity index (χ1) is 6.04. The molecule has 1 aromatic heterocycles. The van der Waals surface area contributed by atoms with Crippen LogP contribution in [0.15, 0.2) is 12.4 Å². The Morgan fingerprint density at radius 1 is 1.85 bits per heavy atom. The molecule has 0 bridgehead atoms. The van der Waals surface area contributed by atoms with Crippen molar-refractivity contribution in [3.05, 3.63) is 27.8 Å². The van der Waals surface area contributed by atoms with E-state index in [1.165, 1.54) is 0 Å². The van der Waals surface area contributed by atoms with E-state index in [2.05, 4.69) is 9.97 Å².